The van der Waals surface area contributed by atoms with Crippen molar-refractivity contribution in [1.29, 1.82) is 0 Å². The minimum absolute atomic E-state index is 0.199. The number of likely N-dealkylation sites (tertiary alicyclic amines) is 1. The number of nitrogens with one attached hydrogen (secondary N) is 1. The Morgan fingerprint density at radius 1 is 1.08 bits per heavy atom. The van der Waals surface area contributed by atoms with Gasteiger partial charge in [0.2, 0.25) is 11.8 Å². The van der Waals surface area contributed by atoms with Gasteiger partial charge in [0.1, 0.15) is 6.04 Å². The van der Waals surface area contributed by atoms with Crippen LogP contribution in [-0.2, 0) is 22.7 Å². The monoisotopic (exact) mass is 337 g/mol. The summed E-state index contributed by atoms with van der Waals surface area (Å²) in [7, 11) is 0. The lowest BCUT2D eigenvalue weighted by Gasteiger charge is -2.19. The van der Waals surface area contributed by atoms with Gasteiger partial charge in [0, 0.05) is 26.1 Å². The zero-order chi connectivity index (χ0) is 17.6. The molecule has 0 aliphatic carbocycles. The molecule has 1 atom stereocenters. The number of nitrogens with zero attached hydrogens (tertiary/aromatic N) is 1. The first kappa shape index (κ1) is 17.2. The smallest absolute Gasteiger partial charge is 0.241 e. The van der Waals surface area contributed by atoms with E-state index >= 15 is 0 Å². The number of amides is 2. The molecular weight excluding hydrogens is 314 g/mol. The van der Waals surface area contributed by atoms with Gasteiger partial charge in [0.05, 0.1) is 0 Å². The number of carbonyl (C=O) groups is 2. The standard InChI is InChI=1S/C20H23N3O2/c21-19(15-7-2-1-3-8-15)20(25)22-13-16-9-4-5-10-17(16)14-23-12-6-11-18(23)24/h1-5,7-10,19H,6,11-14,21H2,(H,22,25). The molecule has 0 bridgehead atoms. The largest absolute Gasteiger partial charge is 0.350 e. The third-order valence-electron chi connectivity index (χ3n) is 4.55. The van der Waals surface area contributed by atoms with E-state index in [1.165, 1.54) is 0 Å². The van der Waals surface area contributed by atoms with Crippen LogP contribution >= 0.6 is 0 Å². The molecule has 2 amide bonds. The summed E-state index contributed by atoms with van der Waals surface area (Å²) in [5.74, 6) is -0.0109. The predicted molar refractivity (Wildman–Crippen MR) is 96.3 cm³/mol. The third kappa shape index (κ3) is 4.25. The van der Waals surface area contributed by atoms with Gasteiger partial charge in [-0.1, -0.05) is 54.6 Å². The van der Waals surface area contributed by atoms with Gasteiger partial charge in [-0.15, -0.1) is 0 Å². The topological polar surface area (TPSA) is 75.4 Å². The maximum atomic E-state index is 12.3. The van der Waals surface area contributed by atoms with E-state index in [0.29, 0.717) is 19.5 Å². The van der Waals surface area contributed by atoms with Gasteiger partial charge in [-0.25, -0.2) is 0 Å². The second-order valence-corrected chi connectivity index (χ2v) is 6.29. The van der Waals surface area contributed by atoms with Crippen molar-refractivity contribution in [2.24, 2.45) is 5.73 Å². The van der Waals surface area contributed by atoms with Crippen LogP contribution in [0.4, 0.5) is 0 Å². The number of nitrogens with two attached hydrogens (primary N) is 1. The summed E-state index contributed by atoms with van der Waals surface area (Å²) >= 11 is 0. The molecule has 3 N–H and O–H groups in total. The first-order chi connectivity index (χ1) is 12.1. The Kier molecular flexibility index (Phi) is 5.46. The first-order valence-electron chi connectivity index (χ1n) is 8.58. The molecule has 25 heavy (non-hydrogen) atoms. The zero-order valence-electron chi connectivity index (χ0n) is 14.2. The third-order valence-corrected chi connectivity index (χ3v) is 4.55. The van der Waals surface area contributed by atoms with Crippen molar-refractivity contribution in [3.05, 3.63) is 71.3 Å². The minimum atomic E-state index is -0.687. The molecule has 1 fully saturated rings. The Bertz CT molecular complexity index is 746. The molecule has 1 saturated heterocycles. The fourth-order valence-electron chi connectivity index (χ4n) is 3.07. The molecule has 1 heterocycles. The van der Waals surface area contributed by atoms with Crippen molar-refractivity contribution in [3.8, 4) is 0 Å². The van der Waals surface area contributed by atoms with Gasteiger partial charge < -0.3 is 16.0 Å². The summed E-state index contributed by atoms with van der Waals surface area (Å²) in [6.45, 7) is 1.80. The van der Waals surface area contributed by atoms with Crippen LogP contribution < -0.4 is 11.1 Å². The van der Waals surface area contributed by atoms with E-state index in [9.17, 15) is 9.59 Å². The number of rotatable bonds is 6. The van der Waals surface area contributed by atoms with Crippen LogP contribution in [0, 0.1) is 0 Å². The summed E-state index contributed by atoms with van der Waals surface area (Å²) < 4.78 is 0. The second-order valence-electron chi connectivity index (χ2n) is 6.29. The fourth-order valence-corrected chi connectivity index (χ4v) is 3.07. The number of hydrogen-bond acceptors (Lipinski definition) is 3. The van der Waals surface area contributed by atoms with Gasteiger partial charge in [-0.2, -0.15) is 0 Å². The van der Waals surface area contributed by atoms with E-state index in [-0.39, 0.29) is 11.8 Å². The van der Waals surface area contributed by atoms with E-state index in [4.69, 9.17) is 5.73 Å². The molecular formula is C20H23N3O2. The average Bonchev–Trinajstić information content (AvgIpc) is 3.05. The van der Waals surface area contributed by atoms with Crippen LogP contribution in [0.3, 0.4) is 0 Å². The van der Waals surface area contributed by atoms with Crippen molar-refractivity contribution in [2.45, 2.75) is 32.0 Å². The van der Waals surface area contributed by atoms with E-state index in [1.807, 2.05) is 59.5 Å². The molecule has 2 aromatic carbocycles. The summed E-state index contributed by atoms with van der Waals surface area (Å²) in [6.07, 6.45) is 1.55. The van der Waals surface area contributed by atoms with Crippen LogP contribution in [0.2, 0.25) is 0 Å². The van der Waals surface area contributed by atoms with Crippen molar-refractivity contribution >= 4 is 11.8 Å². The highest BCUT2D eigenvalue weighted by Gasteiger charge is 2.21. The summed E-state index contributed by atoms with van der Waals surface area (Å²) in [6, 6.07) is 16.5. The zero-order valence-corrected chi connectivity index (χ0v) is 14.2. The average molecular weight is 337 g/mol. The van der Waals surface area contributed by atoms with Gasteiger partial charge >= 0.3 is 0 Å². The highest BCUT2D eigenvalue weighted by Crippen LogP contribution is 2.17. The van der Waals surface area contributed by atoms with Crippen molar-refractivity contribution < 1.29 is 9.59 Å². The molecule has 1 aliphatic rings. The maximum absolute atomic E-state index is 12.3. The molecule has 1 unspecified atom stereocenters. The Labute approximate surface area is 147 Å². The summed E-state index contributed by atoms with van der Waals surface area (Å²) in [5.41, 5.74) is 8.89. The van der Waals surface area contributed by atoms with Crippen molar-refractivity contribution in [1.82, 2.24) is 10.2 Å². The Balaban J connectivity index is 1.63. The first-order valence-corrected chi connectivity index (χ1v) is 8.58. The van der Waals surface area contributed by atoms with Crippen molar-refractivity contribution in [3.63, 3.8) is 0 Å². The fraction of sp³-hybridized carbons (Fsp3) is 0.300. The van der Waals surface area contributed by atoms with Crippen LogP contribution in [0.15, 0.2) is 54.6 Å². The van der Waals surface area contributed by atoms with Gasteiger partial charge in [-0.05, 0) is 23.1 Å². The van der Waals surface area contributed by atoms with Gasteiger partial charge in [0.15, 0.2) is 0 Å². The maximum Gasteiger partial charge on any atom is 0.241 e. The minimum Gasteiger partial charge on any atom is -0.350 e. The molecule has 0 spiro atoms. The Hall–Kier alpha value is -2.66. The van der Waals surface area contributed by atoms with Crippen molar-refractivity contribution in [2.75, 3.05) is 6.54 Å². The van der Waals surface area contributed by atoms with Gasteiger partial charge in [0.25, 0.3) is 0 Å². The molecule has 1 aliphatic heterocycles. The molecule has 0 saturated carbocycles. The molecule has 3 rings (SSSR count). The highest BCUT2D eigenvalue weighted by molar-refractivity contribution is 5.83. The molecule has 5 nitrogen and oxygen atoms in total. The molecule has 130 valence electrons. The lowest BCUT2D eigenvalue weighted by atomic mass is 10.1. The lowest BCUT2D eigenvalue weighted by Crippen LogP contribution is -2.34. The summed E-state index contributed by atoms with van der Waals surface area (Å²) in [4.78, 5) is 26.0. The van der Waals surface area contributed by atoms with Crippen LogP contribution in [0.5, 0.6) is 0 Å². The summed E-state index contributed by atoms with van der Waals surface area (Å²) in [5, 5.41) is 2.91. The SMILES string of the molecule is NC(C(=O)NCc1ccccc1CN1CCCC1=O)c1ccccc1. The van der Waals surface area contributed by atoms with Crippen LogP contribution in [0.25, 0.3) is 0 Å². The highest BCUT2D eigenvalue weighted by atomic mass is 16.2. The van der Waals surface area contributed by atoms with E-state index < -0.39 is 6.04 Å². The van der Waals surface area contributed by atoms with Crippen LogP contribution in [-0.4, -0.2) is 23.3 Å². The van der Waals surface area contributed by atoms with E-state index in [0.717, 1.165) is 29.7 Å². The predicted octanol–water partition coefficient (Wildman–Crippen LogP) is 2.13. The Morgan fingerprint density at radius 3 is 2.44 bits per heavy atom. The quantitative estimate of drug-likeness (QED) is 0.848. The van der Waals surface area contributed by atoms with E-state index in [2.05, 4.69) is 5.32 Å². The van der Waals surface area contributed by atoms with E-state index in [1.54, 1.807) is 0 Å². The number of carbonyl (C=O) groups excluding carboxylic acids is 2. The number of hydrogen-bond donors (Lipinski definition) is 2. The normalized spacial score (nSPS) is 15.2. The Morgan fingerprint density at radius 2 is 1.76 bits per heavy atom. The number of benzene rings is 2. The second kappa shape index (κ2) is 7.94. The molecule has 0 radical (unpaired) electrons. The van der Waals surface area contributed by atoms with Crippen LogP contribution in [0.1, 0.15) is 35.6 Å². The molecule has 0 aromatic heterocycles. The van der Waals surface area contributed by atoms with Gasteiger partial charge in [-0.3, -0.25) is 9.59 Å². The lowest BCUT2D eigenvalue weighted by molar-refractivity contribution is -0.128. The molecule has 5 heteroatoms. The molecule has 2 aromatic rings.